The summed E-state index contributed by atoms with van der Waals surface area (Å²) in [4.78, 5) is 13.6. The van der Waals surface area contributed by atoms with Crippen molar-refractivity contribution in [1.29, 1.82) is 0 Å². The predicted octanol–water partition coefficient (Wildman–Crippen LogP) is 2.48. The van der Waals surface area contributed by atoms with E-state index >= 15 is 0 Å². The van der Waals surface area contributed by atoms with Crippen molar-refractivity contribution in [2.75, 3.05) is 27.4 Å². The second-order valence-electron chi connectivity index (χ2n) is 3.67. The predicted molar refractivity (Wildman–Crippen MR) is 70.6 cm³/mol. The van der Waals surface area contributed by atoms with Crippen LogP contribution < -0.4 is 14.2 Å². The molecule has 0 amide bonds. The number of rotatable bonds is 8. The zero-order chi connectivity index (χ0) is 15.0. The maximum absolute atomic E-state index is 11.0. The van der Waals surface area contributed by atoms with Crippen molar-refractivity contribution in [3.05, 3.63) is 28.1 Å². The average Bonchev–Trinajstić information content (AvgIpc) is 2.46. The van der Waals surface area contributed by atoms with Crippen molar-refractivity contribution in [3.8, 4) is 17.2 Å². The number of benzene rings is 1. The molecule has 0 bridgehead atoms. The van der Waals surface area contributed by atoms with E-state index in [1.807, 2.05) is 0 Å². The highest BCUT2D eigenvalue weighted by Gasteiger charge is 2.17. The van der Waals surface area contributed by atoms with Gasteiger partial charge in [-0.15, -0.1) is 0 Å². The first kappa shape index (κ1) is 15.5. The highest BCUT2D eigenvalue weighted by Crippen LogP contribution is 2.38. The number of ether oxygens (including phenoxy) is 3. The minimum Gasteiger partial charge on any atom is -0.493 e. The quantitative estimate of drug-likeness (QED) is 0.340. The Labute approximate surface area is 115 Å². The Kier molecular flexibility index (Phi) is 5.99. The van der Waals surface area contributed by atoms with Crippen LogP contribution in [0.3, 0.4) is 0 Å². The van der Waals surface area contributed by atoms with Gasteiger partial charge in [0.15, 0.2) is 11.5 Å². The summed E-state index contributed by atoms with van der Waals surface area (Å²) in [5.41, 5.74) is 8.19. The molecule has 0 aliphatic heterocycles. The summed E-state index contributed by atoms with van der Waals surface area (Å²) < 4.78 is 15.7. The van der Waals surface area contributed by atoms with Gasteiger partial charge < -0.3 is 19.3 Å². The summed E-state index contributed by atoms with van der Waals surface area (Å²) in [6.07, 6.45) is 0.525. The third kappa shape index (κ3) is 3.96. The Morgan fingerprint density at radius 2 is 1.95 bits per heavy atom. The Morgan fingerprint density at radius 3 is 2.40 bits per heavy atom. The Hall–Kier alpha value is -2.60. The molecule has 0 aliphatic carbocycles. The van der Waals surface area contributed by atoms with Crippen molar-refractivity contribution in [3.63, 3.8) is 0 Å². The lowest BCUT2D eigenvalue weighted by atomic mass is 10.2. The van der Waals surface area contributed by atoms with E-state index in [-0.39, 0.29) is 23.7 Å². The molecule has 20 heavy (non-hydrogen) atoms. The number of hydrogen-bond acceptors (Lipinski definition) is 5. The van der Waals surface area contributed by atoms with Gasteiger partial charge in [-0.3, -0.25) is 0 Å². The molecule has 8 heteroatoms. The first-order valence-electron chi connectivity index (χ1n) is 5.77. The van der Waals surface area contributed by atoms with Crippen LogP contribution in [0.1, 0.15) is 16.8 Å². The number of azide groups is 1. The van der Waals surface area contributed by atoms with Crippen LogP contribution in [0.15, 0.2) is 17.2 Å². The molecule has 0 saturated heterocycles. The number of nitrogens with zero attached hydrogens (tertiary/aromatic N) is 3. The zero-order valence-electron chi connectivity index (χ0n) is 11.2. The molecule has 0 heterocycles. The van der Waals surface area contributed by atoms with E-state index in [2.05, 4.69) is 10.0 Å². The van der Waals surface area contributed by atoms with Crippen molar-refractivity contribution in [2.45, 2.75) is 6.42 Å². The standard InChI is InChI=1S/C12H15N3O5/c1-18-9-6-8(12(16)17)7-10(19-2)11(9)20-5-3-4-14-15-13/h6-7H,3-5H2,1-2H3,(H,16,17). The van der Waals surface area contributed by atoms with E-state index in [1.165, 1.54) is 26.4 Å². The molecule has 0 radical (unpaired) electrons. The summed E-state index contributed by atoms with van der Waals surface area (Å²) in [7, 11) is 2.82. The minimum atomic E-state index is -1.09. The van der Waals surface area contributed by atoms with Gasteiger partial charge in [0.2, 0.25) is 5.75 Å². The molecule has 0 aliphatic rings. The minimum absolute atomic E-state index is 0.0418. The second-order valence-corrected chi connectivity index (χ2v) is 3.67. The van der Waals surface area contributed by atoms with Crippen LogP contribution in [-0.4, -0.2) is 38.4 Å². The van der Waals surface area contributed by atoms with Crippen LogP contribution in [0, 0.1) is 0 Å². The average molecular weight is 281 g/mol. The third-order valence-electron chi connectivity index (χ3n) is 2.42. The molecule has 1 N–H and O–H groups in total. The number of aromatic carboxylic acids is 1. The Bertz CT molecular complexity index is 501. The number of carboxylic acid groups (broad SMARTS) is 1. The van der Waals surface area contributed by atoms with Crippen molar-refractivity contribution >= 4 is 5.97 Å². The van der Waals surface area contributed by atoms with Crippen molar-refractivity contribution in [2.24, 2.45) is 5.11 Å². The number of carbonyl (C=O) groups is 1. The molecule has 1 aromatic carbocycles. The summed E-state index contributed by atoms with van der Waals surface area (Å²) in [6, 6.07) is 2.71. The highest BCUT2D eigenvalue weighted by molar-refractivity contribution is 5.89. The maximum Gasteiger partial charge on any atom is 0.335 e. The second kappa shape index (κ2) is 7.75. The Balaban J connectivity index is 2.92. The van der Waals surface area contributed by atoms with E-state index in [0.717, 1.165) is 0 Å². The first-order chi connectivity index (χ1) is 9.63. The lowest BCUT2D eigenvalue weighted by Crippen LogP contribution is -2.05. The van der Waals surface area contributed by atoms with Crippen molar-refractivity contribution in [1.82, 2.24) is 0 Å². The molecule has 0 fully saturated rings. The smallest absolute Gasteiger partial charge is 0.335 e. The molecule has 1 aromatic rings. The van der Waals surface area contributed by atoms with Gasteiger partial charge in [-0.1, -0.05) is 5.11 Å². The maximum atomic E-state index is 11.0. The van der Waals surface area contributed by atoms with E-state index in [4.69, 9.17) is 24.8 Å². The SMILES string of the molecule is COc1cc(C(=O)O)cc(OC)c1OCCCN=[N+]=[N-]. The molecular weight excluding hydrogens is 266 g/mol. The molecule has 0 aromatic heterocycles. The van der Waals surface area contributed by atoms with Gasteiger partial charge in [0, 0.05) is 11.5 Å². The van der Waals surface area contributed by atoms with Gasteiger partial charge in [0.25, 0.3) is 0 Å². The van der Waals surface area contributed by atoms with Crippen LogP contribution in [-0.2, 0) is 0 Å². The molecule has 8 nitrogen and oxygen atoms in total. The summed E-state index contributed by atoms with van der Waals surface area (Å²) in [6.45, 7) is 0.604. The molecule has 1 rings (SSSR count). The number of methoxy groups -OCH3 is 2. The van der Waals surface area contributed by atoms with Gasteiger partial charge >= 0.3 is 5.97 Å². The molecule has 0 unspecified atom stereocenters. The van der Waals surface area contributed by atoms with Gasteiger partial charge in [-0.05, 0) is 24.1 Å². The van der Waals surface area contributed by atoms with Crippen LogP contribution >= 0.6 is 0 Å². The first-order valence-corrected chi connectivity index (χ1v) is 5.77. The van der Waals surface area contributed by atoms with Crippen LogP contribution in [0.4, 0.5) is 0 Å². The monoisotopic (exact) mass is 281 g/mol. The summed E-state index contributed by atoms with van der Waals surface area (Å²) in [5, 5.41) is 12.4. The number of hydrogen-bond donors (Lipinski definition) is 1. The van der Waals surface area contributed by atoms with Crippen LogP contribution in [0.5, 0.6) is 17.2 Å². The molecule has 108 valence electrons. The topological polar surface area (TPSA) is 114 Å². The van der Waals surface area contributed by atoms with Gasteiger partial charge in [-0.2, -0.15) is 0 Å². The lowest BCUT2D eigenvalue weighted by Gasteiger charge is -2.14. The summed E-state index contributed by atoms with van der Waals surface area (Å²) in [5.74, 6) is -0.228. The summed E-state index contributed by atoms with van der Waals surface area (Å²) >= 11 is 0. The fourth-order valence-corrected chi connectivity index (χ4v) is 1.50. The fourth-order valence-electron chi connectivity index (χ4n) is 1.50. The zero-order valence-corrected chi connectivity index (χ0v) is 11.2. The third-order valence-corrected chi connectivity index (χ3v) is 2.42. The Morgan fingerprint density at radius 1 is 1.35 bits per heavy atom. The highest BCUT2D eigenvalue weighted by atomic mass is 16.5. The molecular formula is C12H15N3O5. The van der Waals surface area contributed by atoms with Crippen LogP contribution in [0.25, 0.3) is 10.4 Å². The van der Waals surface area contributed by atoms with E-state index in [9.17, 15) is 4.79 Å². The van der Waals surface area contributed by atoms with E-state index in [1.54, 1.807) is 0 Å². The fraction of sp³-hybridized carbons (Fsp3) is 0.417. The van der Waals surface area contributed by atoms with Crippen molar-refractivity contribution < 1.29 is 24.1 Å². The largest absolute Gasteiger partial charge is 0.493 e. The van der Waals surface area contributed by atoms with Gasteiger partial charge in [0.05, 0.1) is 26.4 Å². The van der Waals surface area contributed by atoms with E-state index in [0.29, 0.717) is 18.7 Å². The van der Waals surface area contributed by atoms with Crippen LogP contribution in [0.2, 0.25) is 0 Å². The van der Waals surface area contributed by atoms with Gasteiger partial charge in [-0.25, -0.2) is 4.79 Å². The lowest BCUT2D eigenvalue weighted by molar-refractivity contribution is 0.0696. The molecule has 0 atom stereocenters. The normalized spacial score (nSPS) is 9.50. The van der Waals surface area contributed by atoms with Gasteiger partial charge in [0.1, 0.15) is 0 Å². The molecule has 0 spiro atoms. The molecule has 0 saturated carbocycles. The van der Waals surface area contributed by atoms with E-state index < -0.39 is 5.97 Å². The number of carboxylic acids is 1.